The van der Waals surface area contributed by atoms with Gasteiger partial charge in [-0.2, -0.15) is 0 Å². The molecule has 102 valence electrons. The fraction of sp³-hybridized carbons (Fsp3) is 0.667. The van der Waals surface area contributed by atoms with E-state index in [4.69, 9.17) is 15.2 Å². The molecule has 0 spiro atoms. The van der Waals surface area contributed by atoms with Crippen molar-refractivity contribution in [1.29, 1.82) is 0 Å². The number of nitrogens with zero attached hydrogens (tertiary/aromatic N) is 2. The van der Waals surface area contributed by atoms with Crippen molar-refractivity contribution in [3.05, 3.63) is 11.5 Å². The van der Waals surface area contributed by atoms with E-state index in [1.54, 1.807) is 14.0 Å². The van der Waals surface area contributed by atoms with E-state index in [0.717, 1.165) is 31.8 Å². The van der Waals surface area contributed by atoms with Gasteiger partial charge in [-0.3, -0.25) is 0 Å². The molecule has 0 aromatic carbocycles. The van der Waals surface area contributed by atoms with E-state index in [2.05, 4.69) is 4.98 Å². The highest BCUT2D eigenvalue weighted by Gasteiger charge is 2.19. The molecule has 6 nitrogen and oxygen atoms in total. The first-order chi connectivity index (χ1) is 8.61. The molecule has 0 unspecified atom stereocenters. The molecule has 0 bridgehead atoms. The van der Waals surface area contributed by atoms with Crippen molar-refractivity contribution in [2.45, 2.75) is 33.2 Å². The molecule has 0 radical (unpaired) electrons. The number of aromatic nitrogens is 2. The van der Waals surface area contributed by atoms with Crippen LogP contribution in [0.15, 0.2) is 0 Å². The van der Waals surface area contributed by atoms with E-state index in [1.165, 1.54) is 0 Å². The third-order valence-electron chi connectivity index (χ3n) is 2.65. The zero-order valence-electron chi connectivity index (χ0n) is 11.2. The average molecular weight is 255 g/mol. The Bertz CT molecular complexity index is 402. The maximum Gasteiger partial charge on any atom is 0.360 e. The molecular weight excluding hydrogens is 234 g/mol. The molecule has 0 saturated carbocycles. The predicted molar refractivity (Wildman–Crippen MR) is 68.4 cm³/mol. The molecule has 1 aromatic rings. The molecule has 0 aliphatic carbocycles. The van der Waals surface area contributed by atoms with Gasteiger partial charge < -0.3 is 19.8 Å². The molecular formula is C12H21N3O3. The molecule has 1 rings (SSSR count). The van der Waals surface area contributed by atoms with Gasteiger partial charge in [-0.1, -0.05) is 0 Å². The minimum absolute atomic E-state index is 0.209. The number of carbonyl (C=O) groups is 1. The number of rotatable bonds is 7. The summed E-state index contributed by atoms with van der Waals surface area (Å²) in [5.74, 6) is 0.644. The summed E-state index contributed by atoms with van der Waals surface area (Å²) in [7, 11) is 1.68. The monoisotopic (exact) mass is 255 g/mol. The second-order valence-corrected chi connectivity index (χ2v) is 3.96. The average Bonchev–Trinajstić information content (AvgIpc) is 2.62. The van der Waals surface area contributed by atoms with Crippen LogP contribution in [-0.2, 0) is 16.0 Å². The summed E-state index contributed by atoms with van der Waals surface area (Å²) >= 11 is 0. The number of nitrogen functional groups attached to an aromatic ring is 1. The van der Waals surface area contributed by atoms with E-state index >= 15 is 0 Å². The summed E-state index contributed by atoms with van der Waals surface area (Å²) in [5.41, 5.74) is 6.13. The van der Waals surface area contributed by atoms with Gasteiger partial charge >= 0.3 is 5.97 Å². The number of hydrogen-bond donors (Lipinski definition) is 1. The number of hydrogen-bond acceptors (Lipinski definition) is 5. The van der Waals surface area contributed by atoms with Crippen LogP contribution in [0.25, 0.3) is 0 Å². The minimum Gasteiger partial charge on any atom is -0.461 e. The first-order valence-electron chi connectivity index (χ1n) is 6.10. The van der Waals surface area contributed by atoms with Gasteiger partial charge in [-0.05, 0) is 26.7 Å². The Morgan fingerprint density at radius 1 is 1.44 bits per heavy atom. The number of aryl methyl sites for hydroxylation is 1. The third kappa shape index (κ3) is 3.46. The van der Waals surface area contributed by atoms with Crippen LogP contribution in [0, 0.1) is 6.92 Å². The summed E-state index contributed by atoms with van der Waals surface area (Å²) in [6, 6.07) is 0. The van der Waals surface area contributed by atoms with Crippen molar-refractivity contribution in [2.24, 2.45) is 0 Å². The topological polar surface area (TPSA) is 79.4 Å². The standard InChI is InChI=1S/C12H21N3O3/c1-4-18-12(16)10-11(13)15(9(2)14-10)7-5-6-8-17-3/h4-8,13H2,1-3H3. The number of nitrogens with two attached hydrogens (primary N) is 1. The fourth-order valence-corrected chi connectivity index (χ4v) is 1.73. The molecule has 1 heterocycles. The predicted octanol–water partition coefficient (Wildman–Crippen LogP) is 1.38. The van der Waals surface area contributed by atoms with Gasteiger partial charge in [0.2, 0.25) is 0 Å². The number of methoxy groups -OCH3 is 1. The van der Waals surface area contributed by atoms with E-state index in [-0.39, 0.29) is 5.69 Å². The van der Waals surface area contributed by atoms with Crippen molar-refractivity contribution in [1.82, 2.24) is 9.55 Å². The maximum absolute atomic E-state index is 11.6. The lowest BCUT2D eigenvalue weighted by molar-refractivity contribution is 0.0521. The zero-order valence-corrected chi connectivity index (χ0v) is 11.2. The van der Waals surface area contributed by atoms with Crippen molar-refractivity contribution in [3.8, 4) is 0 Å². The second kappa shape index (κ2) is 7.00. The summed E-state index contributed by atoms with van der Waals surface area (Å²) in [5, 5.41) is 0. The Kier molecular flexibility index (Phi) is 5.64. The largest absolute Gasteiger partial charge is 0.461 e. The molecule has 18 heavy (non-hydrogen) atoms. The lowest BCUT2D eigenvalue weighted by Gasteiger charge is -2.07. The smallest absolute Gasteiger partial charge is 0.360 e. The highest BCUT2D eigenvalue weighted by molar-refractivity contribution is 5.92. The fourth-order valence-electron chi connectivity index (χ4n) is 1.73. The third-order valence-corrected chi connectivity index (χ3v) is 2.65. The molecule has 0 atom stereocenters. The van der Waals surface area contributed by atoms with Crippen LogP contribution in [-0.4, -0.2) is 35.8 Å². The van der Waals surface area contributed by atoms with Gasteiger partial charge in [-0.15, -0.1) is 0 Å². The van der Waals surface area contributed by atoms with Crippen molar-refractivity contribution in [2.75, 3.05) is 26.1 Å². The first kappa shape index (κ1) is 14.5. The molecule has 0 aliphatic rings. The Balaban J connectivity index is 2.71. The first-order valence-corrected chi connectivity index (χ1v) is 6.10. The summed E-state index contributed by atoms with van der Waals surface area (Å²) in [6.07, 6.45) is 1.87. The Morgan fingerprint density at radius 2 is 2.17 bits per heavy atom. The van der Waals surface area contributed by atoms with E-state index < -0.39 is 5.97 Å². The van der Waals surface area contributed by atoms with Crippen LogP contribution >= 0.6 is 0 Å². The van der Waals surface area contributed by atoms with Crippen LogP contribution in [0.4, 0.5) is 5.82 Å². The van der Waals surface area contributed by atoms with E-state index in [0.29, 0.717) is 12.4 Å². The van der Waals surface area contributed by atoms with Crippen LogP contribution < -0.4 is 5.73 Å². The minimum atomic E-state index is -0.464. The maximum atomic E-state index is 11.6. The molecule has 0 aliphatic heterocycles. The molecule has 2 N–H and O–H groups in total. The number of imidazole rings is 1. The highest BCUT2D eigenvalue weighted by atomic mass is 16.5. The quantitative estimate of drug-likeness (QED) is 0.588. The van der Waals surface area contributed by atoms with Gasteiger partial charge in [0.25, 0.3) is 0 Å². The Morgan fingerprint density at radius 3 is 2.78 bits per heavy atom. The van der Waals surface area contributed by atoms with Crippen LogP contribution in [0.1, 0.15) is 36.1 Å². The zero-order chi connectivity index (χ0) is 13.5. The molecule has 1 aromatic heterocycles. The number of unbranched alkanes of at least 4 members (excludes halogenated alkanes) is 1. The van der Waals surface area contributed by atoms with Gasteiger partial charge in [0.15, 0.2) is 5.69 Å². The Labute approximate surface area is 107 Å². The number of anilines is 1. The highest BCUT2D eigenvalue weighted by Crippen LogP contribution is 2.16. The van der Waals surface area contributed by atoms with Crippen molar-refractivity contribution >= 4 is 11.8 Å². The number of esters is 1. The summed E-state index contributed by atoms with van der Waals surface area (Å²) in [6.45, 7) is 5.35. The normalized spacial score (nSPS) is 10.6. The van der Waals surface area contributed by atoms with Crippen molar-refractivity contribution in [3.63, 3.8) is 0 Å². The molecule has 0 saturated heterocycles. The SMILES string of the molecule is CCOC(=O)c1nc(C)n(CCCCOC)c1N. The van der Waals surface area contributed by atoms with Crippen molar-refractivity contribution < 1.29 is 14.3 Å². The lowest BCUT2D eigenvalue weighted by atomic mass is 10.3. The van der Waals surface area contributed by atoms with Gasteiger partial charge in [0.05, 0.1) is 6.61 Å². The van der Waals surface area contributed by atoms with Gasteiger partial charge in [-0.25, -0.2) is 9.78 Å². The summed E-state index contributed by atoms with van der Waals surface area (Å²) < 4.78 is 11.7. The second-order valence-electron chi connectivity index (χ2n) is 3.96. The van der Waals surface area contributed by atoms with E-state index in [1.807, 2.05) is 11.5 Å². The molecule has 0 fully saturated rings. The van der Waals surface area contributed by atoms with Gasteiger partial charge in [0, 0.05) is 20.3 Å². The van der Waals surface area contributed by atoms with E-state index in [9.17, 15) is 4.79 Å². The number of carbonyl (C=O) groups excluding carboxylic acids is 1. The number of ether oxygens (including phenoxy) is 2. The van der Waals surface area contributed by atoms with Crippen LogP contribution in [0.5, 0.6) is 0 Å². The summed E-state index contributed by atoms with van der Waals surface area (Å²) in [4.78, 5) is 15.8. The van der Waals surface area contributed by atoms with Gasteiger partial charge in [0.1, 0.15) is 11.6 Å². The van der Waals surface area contributed by atoms with Crippen LogP contribution in [0.3, 0.4) is 0 Å². The molecule has 6 heteroatoms. The lowest BCUT2D eigenvalue weighted by Crippen LogP contribution is -2.10. The van der Waals surface area contributed by atoms with Crippen LogP contribution in [0.2, 0.25) is 0 Å². The Hall–Kier alpha value is -1.56. The molecule has 0 amide bonds.